The molecule has 6 nitrogen and oxygen atoms in total. The van der Waals surface area contributed by atoms with Crippen LogP contribution in [0.5, 0.6) is 0 Å². The maximum atomic E-state index is 12.2. The molecule has 1 aliphatic carbocycles. The number of pyridine rings is 1. The van der Waals surface area contributed by atoms with Gasteiger partial charge in [-0.1, -0.05) is 30.3 Å². The van der Waals surface area contributed by atoms with Crippen LogP contribution in [0.3, 0.4) is 0 Å². The van der Waals surface area contributed by atoms with Crippen molar-refractivity contribution < 1.29 is 0 Å². The van der Waals surface area contributed by atoms with Gasteiger partial charge in [-0.05, 0) is 25.3 Å². The van der Waals surface area contributed by atoms with E-state index in [1.165, 1.54) is 0 Å². The highest BCUT2D eigenvalue weighted by Crippen LogP contribution is 2.30. The summed E-state index contributed by atoms with van der Waals surface area (Å²) in [5.74, 6) is 1.08. The van der Waals surface area contributed by atoms with Gasteiger partial charge in [-0.2, -0.15) is 5.26 Å². The van der Waals surface area contributed by atoms with E-state index in [0.717, 1.165) is 24.8 Å². The zero-order valence-electron chi connectivity index (χ0n) is 13.6. The van der Waals surface area contributed by atoms with Gasteiger partial charge in [0.15, 0.2) is 5.82 Å². The summed E-state index contributed by atoms with van der Waals surface area (Å²) >= 11 is 0. The Hall–Kier alpha value is -3.20. The van der Waals surface area contributed by atoms with Crippen molar-refractivity contribution in [2.45, 2.75) is 25.3 Å². The van der Waals surface area contributed by atoms with E-state index >= 15 is 0 Å². The number of fused-ring (bicyclic) bond motifs is 1. The second-order valence-electron chi connectivity index (χ2n) is 6.25. The molecular formula is C19H17N5O. The fourth-order valence-electron chi connectivity index (χ4n) is 3.36. The lowest BCUT2D eigenvalue weighted by Gasteiger charge is -2.18. The molecule has 1 aromatic carbocycles. The van der Waals surface area contributed by atoms with Gasteiger partial charge in [0.2, 0.25) is 0 Å². The number of hydrogen-bond donors (Lipinski definition) is 2. The third kappa shape index (κ3) is 2.85. The van der Waals surface area contributed by atoms with E-state index in [1.54, 1.807) is 12.3 Å². The SMILES string of the molecule is N#C[C@H]1CCC[C@H]1Nc1nc(-c2ccccc2)nc2c(=O)[nH]ccc12. The van der Waals surface area contributed by atoms with E-state index in [-0.39, 0.29) is 17.5 Å². The van der Waals surface area contributed by atoms with Crippen molar-refractivity contribution in [1.29, 1.82) is 5.26 Å². The summed E-state index contributed by atoms with van der Waals surface area (Å²) in [5.41, 5.74) is 0.952. The fourth-order valence-corrected chi connectivity index (χ4v) is 3.36. The van der Waals surface area contributed by atoms with Crippen LogP contribution < -0.4 is 10.9 Å². The van der Waals surface area contributed by atoms with Crippen molar-refractivity contribution in [3.8, 4) is 17.5 Å². The predicted octanol–water partition coefficient (Wildman–Crippen LogP) is 3.09. The number of nitriles is 1. The van der Waals surface area contributed by atoms with Crippen LogP contribution in [0, 0.1) is 17.2 Å². The highest BCUT2D eigenvalue weighted by atomic mass is 16.1. The first-order chi connectivity index (χ1) is 12.3. The van der Waals surface area contributed by atoms with Crippen LogP contribution in [0.1, 0.15) is 19.3 Å². The molecule has 0 radical (unpaired) electrons. The van der Waals surface area contributed by atoms with Crippen molar-refractivity contribution in [3.05, 3.63) is 52.9 Å². The molecule has 0 aliphatic heterocycles. The first-order valence-electron chi connectivity index (χ1n) is 8.37. The van der Waals surface area contributed by atoms with Gasteiger partial charge in [0.1, 0.15) is 11.3 Å². The van der Waals surface area contributed by atoms with Crippen molar-refractivity contribution in [1.82, 2.24) is 15.0 Å². The quantitative estimate of drug-likeness (QED) is 0.769. The van der Waals surface area contributed by atoms with E-state index in [2.05, 4.69) is 26.3 Å². The van der Waals surface area contributed by atoms with Gasteiger partial charge < -0.3 is 10.3 Å². The number of nitrogens with one attached hydrogen (secondary N) is 2. The van der Waals surface area contributed by atoms with Gasteiger partial charge in [-0.3, -0.25) is 4.79 Å². The van der Waals surface area contributed by atoms with Gasteiger partial charge in [0, 0.05) is 23.2 Å². The minimum Gasteiger partial charge on any atom is -0.365 e. The zero-order valence-corrected chi connectivity index (χ0v) is 13.6. The largest absolute Gasteiger partial charge is 0.365 e. The Kier molecular flexibility index (Phi) is 3.90. The average Bonchev–Trinajstić information content (AvgIpc) is 3.10. The molecule has 0 spiro atoms. The average molecular weight is 331 g/mol. The molecule has 0 saturated heterocycles. The first-order valence-corrected chi connectivity index (χ1v) is 8.37. The van der Waals surface area contributed by atoms with E-state index in [0.29, 0.717) is 22.5 Å². The molecule has 2 atom stereocenters. The topological polar surface area (TPSA) is 94.5 Å². The number of hydrogen-bond acceptors (Lipinski definition) is 5. The minimum atomic E-state index is -0.247. The number of benzene rings is 1. The number of nitrogens with zero attached hydrogens (tertiary/aromatic N) is 3. The van der Waals surface area contributed by atoms with Crippen molar-refractivity contribution >= 4 is 16.7 Å². The first kappa shape index (κ1) is 15.3. The summed E-state index contributed by atoms with van der Waals surface area (Å²) in [4.78, 5) is 24.0. The van der Waals surface area contributed by atoms with Crippen molar-refractivity contribution in [2.75, 3.05) is 5.32 Å². The molecule has 2 heterocycles. The Labute approximate surface area is 144 Å². The van der Waals surface area contributed by atoms with Crippen LogP contribution >= 0.6 is 0 Å². The maximum Gasteiger partial charge on any atom is 0.274 e. The Morgan fingerprint density at radius 3 is 2.80 bits per heavy atom. The highest BCUT2D eigenvalue weighted by Gasteiger charge is 2.28. The number of H-pyrrole nitrogens is 1. The van der Waals surface area contributed by atoms with E-state index < -0.39 is 0 Å². The Morgan fingerprint density at radius 2 is 2.00 bits per heavy atom. The third-order valence-electron chi connectivity index (χ3n) is 4.66. The summed E-state index contributed by atoms with van der Waals surface area (Å²) in [5, 5.41) is 13.4. The molecule has 2 N–H and O–H groups in total. The monoisotopic (exact) mass is 331 g/mol. The van der Waals surface area contributed by atoms with Gasteiger partial charge in [-0.25, -0.2) is 9.97 Å². The standard InChI is InChI=1S/C19H17N5O/c20-11-13-7-4-8-15(13)22-18-14-9-10-21-19(25)16(14)23-17(24-18)12-5-2-1-3-6-12/h1-3,5-6,9-10,13,15H,4,7-8H2,(H,21,25)(H,22,23,24)/t13-,15-/m1/s1. The molecule has 4 rings (SSSR count). The molecule has 0 amide bonds. The fraction of sp³-hybridized carbons (Fsp3) is 0.263. The second-order valence-corrected chi connectivity index (χ2v) is 6.25. The number of aromatic nitrogens is 3. The van der Waals surface area contributed by atoms with Crippen molar-refractivity contribution in [2.24, 2.45) is 5.92 Å². The second kappa shape index (κ2) is 6.36. The molecule has 6 heteroatoms. The molecule has 0 bridgehead atoms. The smallest absolute Gasteiger partial charge is 0.274 e. The van der Waals surface area contributed by atoms with Crippen LogP contribution in [0.2, 0.25) is 0 Å². The predicted molar refractivity (Wildman–Crippen MR) is 96.0 cm³/mol. The van der Waals surface area contributed by atoms with E-state index in [9.17, 15) is 10.1 Å². The lowest BCUT2D eigenvalue weighted by Crippen LogP contribution is -2.24. The van der Waals surface area contributed by atoms with Crippen LogP contribution in [-0.4, -0.2) is 21.0 Å². The van der Waals surface area contributed by atoms with Gasteiger partial charge in [0.25, 0.3) is 5.56 Å². The number of rotatable bonds is 3. The highest BCUT2D eigenvalue weighted by molar-refractivity contribution is 5.90. The summed E-state index contributed by atoms with van der Waals surface area (Å²) in [6.45, 7) is 0. The van der Waals surface area contributed by atoms with E-state index in [1.807, 2.05) is 30.3 Å². The summed E-state index contributed by atoms with van der Waals surface area (Å²) in [6, 6.07) is 13.8. The lowest BCUT2D eigenvalue weighted by molar-refractivity contribution is 0.628. The maximum absolute atomic E-state index is 12.2. The molecule has 124 valence electrons. The van der Waals surface area contributed by atoms with Crippen molar-refractivity contribution in [3.63, 3.8) is 0 Å². The van der Waals surface area contributed by atoms with Gasteiger partial charge >= 0.3 is 0 Å². The van der Waals surface area contributed by atoms with Gasteiger partial charge in [-0.15, -0.1) is 0 Å². The normalized spacial score (nSPS) is 19.6. The van der Waals surface area contributed by atoms with Crippen LogP contribution in [-0.2, 0) is 0 Å². The number of anilines is 1. The number of aromatic amines is 1. The van der Waals surface area contributed by atoms with Crippen LogP contribution in [0.4, 0.5) is 5.82 Å². The van der Waals surface area contributed by atoms with Crippen LogP contribution in [0.25, 0.3) is 22.3 Å². The Morgan fingerprint density at radius 1 is 1.16 bits per heavy atom. The third-order valence-corrected chi connectivity index (χ3v) is 4.66. The van der Waals surface area contributed by atoms with Crippen LogP contribution in [0.15, 0.2) is 47.4 Å². The van der Waals surface area contributed by atoms with Gasteiger partial charge in [0.05, 0.1) is 12.0 Å². The molecule has 3 aromatic rings. The zero-order chi connectivity index (χ0) is 17.2. The molecular weight excluding hydrogens is 314 g/mol. The lowest BCUT2D eigenvalue weighted by atomic mass is 10.1. The molecule has 25 heavy (non-hydrogen) atoms. The minimum absolute atomic E-state index is 0.0350. The molecule has 1 aliphatic rings. The Bertz CT molecular complexity index is 1010. The molecule has 1 fully saturated rings. The molecule has 0 unspecified atom stereocenters. The summed E-state index contributed by atoms with van der Waals surface area (Å²) < 4.78 is 0. The Balaban J connectivity index is 1.86. The van der Waals surface area contributed by atoms with E-state index in [4.69, 9.17) is 0 Å². The molecule has 1 saturated carbocycles. The summed E-state index contributed by atoms with van der Waals surface area (Å²) in [7, 11) is 0. The molecule has 2 aromatic heterocycles. The summed E-state index contributed by atoms with van der Waals surface area (Å²) in [6.07, 6.45) is 4.43.